The summed E-state index contributed by atoms with van der Waals surface area (Å²) in [6.45, 7) is 0.00656. The number of benzene rings is 1. The molecule has 0 aromatic heterocycles. The van der Waals surface area contributed by atoms with Gasteiger partial charge in [-0.15, -0.1) is 5.10 Å². The van der Waals surface area contributed by atoms with E-state index in [4.69, 9.17) is 20.4 Å². The molecular formula is C9H9N5O5. The van der Waals surface area contributed by atoms with Crippen molar-refractivity contribution in [2.24, 2.45) is 15.9 Å². The molecule has 0 fully saturated rings. The topological polar surface area (TPSA) is 145 Å². The standard InChI is InChI=1S/C9H9N5O5/c10-9(13-15)12-11-3-5-1-7-8(19-4-18-7)2-6(5)14(16)17/h1-3,15H,4H2,(H3,10,12,13). The maximum Gasteiger partial charge on any atom is 0.282 e. The first-order chi connectivity index (χ1) is 9.11. The van der Waals surface area contributed by atoms with Gasteiger partial charge >= 0.3 is 0 Å². The molecule has 1 heterocycles. The zero-order chi connectivity index (χ0) is 13.8. The summed E-state index contributed by atoms with van der Waals surface area (Å²) in [6, 6.07) is 2.64. The Morgan fingerprint density at radius 2 is 2.21 bits per heavy atom. The van der Waals surface area contributed by atoms with Gasteiger partial charge in [0, 0.05) is 0 Å². The molecule has 10 heteroatoms. The van der Waals surface area contributed by atoms with Crippen LogP contribution in [0.15, 0.2) is 22.3 Å². The number of rotatable bonds is 3. The highest BCUT2D eigenvalue weighted by molar-refractivity contribution is 5.87. The molecule has 19 heavy (non-hydrogen) atoms. The Morgan fingerprint density at radius 3 is 2.84 bits per heavy atom. The lowest BCUT2D eigenvalue weighted by atomic mass is 10.1. The first-order valence-corrected chi connectivity index (χ1v) is 4.96. The van der Waals surface area contributed by atoms with Crippen molar-refractivity contribution >= 4 is 17.9 Å². The second-order valence-corrected chi connectivity index (χ2v) is 3.36. The van der Waals surface area contributed by atoms with Gasteiger partial charge in [0.2, 0.25) is 12.8 Å². The lowest BCUT2D eigenvalue weighted by molar-refractivity contribution is -0.385. The lowest BCUT2D eigenvalue weighted by Gasteiger charge is -1.99. The van der Waals surface area contributed by atoms with Gasteiger partial charge in [0.25, 0.3) is 5.69 Å². The van der Waals surface area contributed by atoms with E-state index in [9.17, 15) is 10.1 Å². The van der Waals surface area contributed by atoms with E-state index < -0.39 is 4.92 Å². The highest BCUT2D eigenvalue weighted by Crippen LogP contribution is 2.37. The summed E-state index contributed by atoms with van der Waals surface area (Å²) in [6.07, 6.45) is 1.12. The van der Waals surface area contributed by atoms with Crippen molar-refractivity contribution in [3.05, 3.63) is 27.8 Å². The summed E-state index contributed by atoms with van der Waals surface area (Å²) in [5.74, 6) is 0.327. The molecule has 0 atom stereocenters. The molecule has 1 aliphatic heterocycles. The third-order valence-corrected chi connectivity index (χ3v) is 2.20. The van der Waals surface area contributed by atoms with Crippen LogP contribution in [0.1, 0.15) is 5.56 Å². The number of guanidine groups is 1. The van der Waals surface area contributed by atoms with E-state index in [2.05, 4.69) is 10.2 Å². The molecule has 0 saturated heterocycles. The Balaban J connectivity index is 2.36. The summed E-state index contributed by atoms with van der Waals surface area (Å²) in [5.41, 5.74) is 6.65. The van der Waals surface area contributed by atoms with Gasteiger partial charge in [-0.25, -0.2) is 5.48 Å². The summed E-state index contributed by atoms with van der Waals surface area (Å²) in [4.78, 5) is 10.3. The summed E-state index contributed by atoms with van der Waals surface area (Å²) < 4.78 is 10.1. The van der Waals surface area contributed by atoms with E-state index >= 15 is 0 Å². The van der Waals surface area contributed by atoms with Crippen molar-refractivity contribution in [1.82, 2.24) is 5.48 Å². The summed E-state index contributed by atoms with van der Waals surface area (Å²) in [7, 11) is 0. The number of nitro benzene ring substituents is 1. The molecular weight excluding hydrogens is 258 g/mol. The monoisotopic (exact) mass is 267 g/mol. The van der Waals surface area contributed by atoms with Crippen LogP contribution in [-0.2, 0) is 0 Å². The van der Waals surface area contributed by atoms with E-state index in [1.165, 1.54) is 12.1 Å². The minimum atomic E-state index is -0.583. The molecule has 10 nitrogen and oxygen atoms in total. The Labute approximate surface area is 106 Å². The van der Waals surface area contributed by atoms with Gasteiger partial charge in [-0.05, 0) is 6.07 Å². The van der Waals surface area contributed by atoms with Gasteiger partial charge in [0.05, 0.1) is 22.8 Å². The summed E-state index contributed by atoms with van der Waals surface area (Å²) >= 11 is 0. The fourth-order valence-corrected chi connectivity index (χ4v) is 1.38. The first-order valence-electron chi connectivity index (χ1n) is 4.96. The molecule has 1 aromatic rings. The number of fused-ring (bicyclic) bond motifs is 1. The van der Waals surface area contributed by atoms with Crippen LogP contribution in [0.5, 0.6) is 11.5 Å². The van der Waals surface area contributed by atoms with Gasteiger partial charge in [-0.2, -0.15) is 5.10 Å². The third-order valence-electron chi connectivity index (χ3n) is 2.20. The molecule has 2 rings (SSSR count). The number of hydroxylamine groups is 1. The van der Waals surface area contributed by atoms with Crippen molar-refractivity contribution in [2.45, 2.75) is 0 Å². The van der Waals surface area contributed by atoms with Crippen molar-refractivity contribution in [3.63, 3.8) is 0 Å². The highest BCUT2D eigenvalue weighted by Gasteiger charge is 2.22. The fraction of sp³-hybridized carbons (Fsp3) is 0.111. The Morgan fingerprint density at radius 1 is 1.53 bits per heavy atom. The van der Waals surface area contributed by atoms with Gasteiger partial charge in [-0.3, -0.25) is 15.3 Å². The zero-order valence-electron chi connectivity index (χ0n) is 9.44. The number of hydrogen-bond donors (Lipinski definition) is 3. The van der Waals surface area contributed by atoms with Gasteiger partial charge in [0.1, 0.15) is 0 Å². The van der Waals surface area contributed by atoms with Crippen LogP contribution in [0.3, 0.4) is 0 Å². The molecule has 4 N–H and O–H groups in total. The SMILES string of the molecule is NC(=NN=Cc1cc2c(cc1[N+](=O)[O-])OCO2)NO. The molecule has 1 aromatic carbocycles. The lowest BCUT2D eigenvalue weighted by Crippen LogP contribution is -2.27. The van der Waals surface area contributed by atoms with E-state index in [-0.39, 0.29) is 24.0 Å². The maximum atomic E-state index is 10.9. The minimum Gasteiger partial charge on any atom is -0.454 e. The molecule has 0 unspecified atom stereocenters. The molecule has 0 aliphatic carbocycles. The van der Waals surface area contributed by atoms with Crippen LogP contribution in [0.25, 0.3) is 0 Å². The second-order valence-electron chi connectivity index (χ2n) is 3.36. The van der Waals surface area contributed by atoms with Crippen LogP contribution in [0.4, 0.5) is 5.69 Å². The Hall–Kier alpha value is -2.88. The maximum absolute atomic E-state index is 10.9. The smallest absolute Gasteiger partial charge is 0.282 e. The molecule has 1 aliphatic rings. The van der Waals surface area contributed by atoms with Crippen LogP contribution in [0.2, 0.25) is 0 Å². The molecule has 0 bridgehead atoms. The molecule has 100 valence electrons. The number of nitro groups is 1. The third kappa shape index (κ3) is 2.69. The Kier molecular flexibility index (Phi) is 3.43. The van der Waals surface area contributed by atoms with Gasteiger partial charge < -0.3 is 15.2 Å². The van der Waals surface area contributed by atoms with Gasteiger partial charge in [-0.1, -0.05) is 0 Å². The minimum absolute atomic E-state index is 0.00656. The number of ether oxygens (including phenoxy) is 2. The normalized spacial score (nSPS) is 13.8. The van der Waals surface area contributed by atoms with Crippen molar-refractivity contribution in [1.29, 1.82) is 0 Å². The number of nitrogens with one attached hydrogen (secondary N) is 1. The predicted octanol–water partition coefficient (Wildman–Crippen LogP) is -0.0491. The fourth-order valence-electron chi connectivity index (χ4n) is 1.38. The molecule has 0 saturated carbocycles. The number of hydrogen-bond acceptors (Lipinski definition) is 7. The second kappa shape index (κ2) is 5.18. The predicted molar refractivity (Wildman–Crippen MR) is 63.4 cm³/mol. The van der Waals surface area contributed by atoms with Crippen molar-refractivity contribution in [2.75, 3.05) is 6.79 Å². The van der Waals surface area contributed by atoms with Gasteiger partial charge in [0.15, 0.2) is 11.5 Å². The largest absolute Gasteiger partial charge is 0.454 e. The van der Waals surface area contributed by atoms with E-state index in [1.54, 1.807) is 5.48 Å². The number of nitrogens with two attached hydrogens (primary N) is 1. The average Bonchev–Trinajstić information content (AvgIpc) is 2.84. The average molecular weight is 267 g/mol. The van der Waals surface area contributed by atoms with Crippen LogP contribution >= 0.6 is 0 Å². The van der Waals surface area contributed by atoms with E-state index in [0.717, 1.165) is 6.21 Å². The van der Waals surface area contributed by atoms with Crippen molar-refractivity contribution < 1.29 is 19.6 Å². The summed E-state index contributed by atoms with van der Waals surface area (Å²) in [5, 5.41) is 26.1. The molecule has 0 amide bonds. The first kappa shape index (κ1) is 12.6. The van der Waals surface area contributed by atoms with E-state index in [1.807, 2.05) is 0 Å². The van der Waals surface area contributed by atoms with Crippen LogP contribution in [0, 0.1) is 10.1 Å². The van der Waals surface area contributed by atoms with E-state index in [0.29, 0.717) is 11.5 Å². The highest BCUT2D eigenvalue weighted by atomic mass is 16.7. The van der Waals surface area contributed by atoms with Crippen LogP contribution in [-0.4, -0.2) is 29.1 Å². The number of nitrogens with zero attached hydrogens (tertiary/aromatic N) is 3. The molecule has 0 radical (unpaired) electrons. The molecule has 0 spiro atoms. The zero-order valence-corrected chi connectivity index (χ0v) is 9.44. The van der Waals surface area contributed by atoms with Crippen LogP contribution < -0.4 is 20.7 Å². The quantitative estimate of drug-likeness (QED) is 0.301. The van der Waals surface area contributed by atoms with Crippen molar-refractivity contribution in [3.8, 4) is 11.5 Å². The Bertz CT molecular complexity index is 570.